The molecule has 0 saturated heterocycles. The van der Waals surface area contributed by atoms with Gasteiger partial charge in [0.1, 0.15) is 0 Å². The van der Waals surface area contributed by atoms with Gasteiger partial charge in [-0.25, -0.2) is 4.85 Å². The Morgan fingerprint density at radius 3 is 1.62 bits per heavy atom. The van der Waals surface area contributed by atoms with Crippen LogP contribution in [0.4, 0.5) is 17.1 Å². The molecular formula is C29H21N3. The molecule has 3 heteroatoms. The highest BCUT2D eigenvalue weighted by atomic mass is 15.1. The van der Waals surface area contributed by atoms with Crippen molar-refractivity contribution >= 4 is 28.3 Å². The zero-order valence-electron chi connectivity index (χ0n) is 17.7. The van der Waals surface area contributed by atoms with Crippen molar-refractivity contribution in [3.8, 4) is 6.07 Å². The minimum atomic E-state index is 0.364. The number of aryl methyl sites for hydroxylation is 1. The fraction of sp³-hybridized carbons (Fsp3) is 0.0345. The van der Waals surface area contributed by atoms with E-state index in [1.165, 1.54) is 0 Å². The lowest BCUT2D eigenvalue weighted by Crippen LogP contribution is -2.09. The maximum Gasteiger partial charge on any atom is 0.212 e. The first-order chi connectivity index (χ1) is 15.7. The van der Waals surface area contributed by atoms with E-state index in [1.807, 2.05) is 91.9 Å². The van der Waals surface area contributed by atoms with Crippen molar-refractivity contribution in [2.45, 2.75) is 6.92 Å². The number of allylic oxidation sites excluding steroid dienone is 1. The Morgan fingerprint density at radius 1 is 0.688 bits per heavy atom. The molecule has 0 saturated carbocycles. The maximum absolute atomic E-state index is 9.87. The molecule has 0 atom stereocenters. The highest BCUT2D eigenvalue weighted by Gasteiger charge is 2.15. The van der Waals surface area contributed by atoms with Gasteiger partial charge in [0.25, 0.3) is 0 Å². The summed E-state index contributed by atoms with van der Waals surface area (Å²) < 4.78 is 0. The molecule has 0 radical (unpaired) electrons. The van der Waals surface area contributed by atoms with E-state index in [1.54, 1.807) is 0 Å². The molecule has 32 heavy (non-hydrogen) atoms. The van der Waals surface area contributed by atoms with Crippen LogP contribution < -0.4 is 4.90 Å². The van der Waals surface area contributed by atoms with Crippen molar-refractivity contribution in [2.75, 3.05) is 4.90 Å². The summed E-state index contributed by atoms with van der Waals surface area (Å²) in [5.41, 5.74) is 6.40. The van der Waals surface area contributed by atoms with Crippen LogP contribution in [-0.2, 0) is 0 Å². The highest BCUT2D eigenvalue weighted by molar-refractivity contribution is 6.00. The van der Waals surface area contributed by atoms with E-state index < -0.39 is 0 Å². The van der Waals surface area contributed by atoms with Crippen LogP contribution in [0.2, 0.25) is 0 Å². The molecule has 0 spiro atoms. The van der Waals surface area contributed by atoms with Gasteiger partial charge in [-0.15, -0.1) is 0 Å². The number of benzene rings is 4. The monoisotopic (exact) mass is 411 g/mol. The Labute approximate surface area is 188 Å². The van der Waals surface area contributed by atoms with Gasteiger partial charge in [-0.1, -0.05) is 78.4 Å². The third kappa shape index (κ3) is 4.29. The van der Waals surface area contributed by atoms with Crippen LogP contribution in [0.15, 0.2) is 109 Å². The number of hydrogen-bond acceptors (Lipinski definition) is 2. The molecule has 0 aliphatic rings. The molecule has 3 nitrogen and oxygen atoms in total. The minimum Gasteiger partial charge on any atom is -0.311 e. The van der Waals surface area contributed by atoms with E-state index in [0.29, 0.717) is 11.3 Å². The van der Waals surface area contributed by atoms with E-state index in [0.717, 1.165) is 33.8 Å². The molecule has 0 aliphatic heterocycles. The van der Waals surface area contributed by atoms with Crippen molar-refractivity contribution < 1.29 is 0 Å². The summed E-state index contributed by atoms with van der Waals surface area (Å²) >= 11 is 0. The first-order valence-electron chi connectivity index (χ1n) is 10.3. The first-order valence-corrected chi connectivity index (χ1v) is 10.3. The molecule has 0 unspecified atom stereocenters. The summed E-state index contributed by atoms with van der Waals surface area (Å²) in [6, 6.07) is 38.0. The van der Waals surface area contributed by atoms with Gasteiger partial charge in [0, 0.05) is 17.1 Å². The second-order valence-electron chi connectivity index (χ2n) is 7.37. The van der Waals surface area contributed by atoms with Crippen LogP contribution in [0.1, 0.15) is 16.7 Å². The van der Waals surface area contributed by atoms with Crippen LogP contribution in [0.3, 0.4) is 0 Å². The quantitative estimate of drug-likeness (QED) is 0.191. The second kappa shape index (κ2) is 9.47. The van der Waals surface area contributed by atoms with E-state index in [9.17, 15) is 5.26 Å². The molecule has 0 bridgehead atoms. The lowest BCUT2D eigenvalue weighted by atomic mass is 9.99. The zero-order chi connectivity index (χ0) is 22.3. The molecule has 0 heterocycles. The number of nitrogens with zero attached hydrogens (tertiary/aromatic N) is 3. The number of para-hydroxylation sites is 2. The van der Waals surface area contributed by atoms with E-state index in [4.69, 9.17) is 6.57 Å². The fourth-order valence-corrected chi connectivity index (χ4v) is 3.61. The van der Waals surface area contributed by atoms with Crippen LogP contribution in [0.5, 0.6) is 0 Å². The van der Waals surface area contributed by atoms with E-state index in [2.05, 4.69) is 40.1 Å². The lowest BCUT2D eigenvalue weighted by molar-refractivity contribution is 1.28. The van der Waals surface area contributed by atoms with Crippen molar-refractivity contribution in [3.63, 3.8) is 0 Å². The molecule has 0 amide bonds. The number of nitriles is 1. The Hall–Kier alpha value is -4.60. The van der Waals surface area contributed by atoms with Gasteiger partial charge >= 0.3 is 0 Å². The molecule has 152 valence electrons. The maximum atomic E-state index is 9.87. The Bertz CT molecular complexity index is 1270. The zero-order valence-corrected chi connectivity index (χ0v) is 17.7. The predicted octanol–water partition coefficient (Wildman–Crippen LogP) is 7.78. The summed E-state index contributed by atoms with van der Waals surface area (Å²) in [4.78, 5) is 5.85. The second-order valence-corrected chi connectivity index (χ2v) is 7.37. The molecule has 4 aromatic rings. The SMILES string of the molecule is [C-]#[N+]/C(=C(\C#N)c1ccc(N(c2ccccc2)c2ccccc2)cc1)c1ccc(C)cc1. The van der Waals surface area contributed by atoms with Crippen molar-refractivity contribution in [1.29, 1.82) is 5.26 Å². The highest BCUT2D eigenvalue weighted by Crippen LogP contribution is 2.35. The molecule has 4 aromatic carbocycles. The van der Waals surface area contributed by atoms with Gasteiger partial charge in [-0.2, -0.15) is 5.26 Å². The fourth-order valence-electron chi connectivity index (χ4n) is 3.61. The van der Waals surface area contributed by atoms with Gasteiger partial charge in [0.15, 0.2) is 0 Å². The minimum absolute atomic E-state index is 0.364. The van der Waals surface area contributed by atoms with E-state index in [-0.39, 0.29) is 0 Å². The summed E-state index contributed by atoms with van der Waals surface area (Å²) in [5.74, 6) is 0. The summed E-state index contributed by atoms with van der Waals surface area (Å²) in [5, 5.41) is 9.87. The molecule has 0 N–H and O–H groups in total. The van der Waals surface area contributed by atoms with E-state index >= 15 is 0 Å². The van der Waals surface area contributed by atoms with Crippen molar-refractivity contribution in [3.05, 3.63) is 137 Å². The average molecular weight is 412 g/mol. The number of hydrogen-bond donors (Lipinski definition) is 0. The Morgan fingerprint density at radius 2 is 1.16 bits per heavy atom. The first kappa shape index (κ1) is 20.7. The molecule has 4 rings (SSSR count). The Balaban J connectivity index is 1.77. The molecular weight excluding hydrogens is 390 g/mol. The van der Waals surface area contributed by atoms with Crippen LogP contribution in [0.25, 0.3) is 16.1 Å². The van der Waals surface area contributed by atoms with Gasteiger partial charge in [-0.3, -0.25) is 0 Å². The standard InChI is InChI=1S/C29H21N3/c1-22-13-15-24(16-14-22)29(31-2)28(21-30)23-17-19-27(20-18-23)32(25-9-5-3-6-10-25)26-11-7-4-8-12-26/h3-20H,1H3/b29-28+. The predicted molar refractivity (Wildman–Crippen MR) is 131 cm³/mol. The lowest BCUT2D eigenvalue weighted by Gasteiger charge is -2.25. The average Bonchev–Trinajstić information content (AvgIpc) is 2.85. The van der Waals surface area contributed by atoms with Gasteiger partial charge < -0.3 is 4.90 Å². The normalized spacial score (nSPS) is 11.1. The number of anilines is 3. The summed E-state index contributed by atoms with van der Waals surface area (Å²) in [6.07, 6.45) is 0. The molecule has 0 aliphatic carbocycles. The van der Waals surface area contributed by atoms with Gasteiger partial charge in [0.2, 0.25) is 5.70 Å². The largest absolute Gasteiger partial charge is 0.311 e. The summed E-state index contributed by atoms with van der Waals surface area (Å²) in [7, 11) is 0. The van der Waals surface area contributed by atoms with Crippen molar-refractivity contribution in [2.24, 2.45) is 0 Å². The number of rotatable bonds is 5. The smallest absolute Gasteiger partial charge is 0.212 e. The van der Waals surface area contributed by atoms with Crippen LogP contribution in [0, 0.1) is 24.8 Å². The third-order valence-corrected chi connectivity index (χ3v) is 5.23. The Kier molecular flexibility index (Phi) is 6.12. The van der Waals surface area contributed by atoms with Crippen molar-refractivity contribution in [1.82, 2.24) is 0 Å². The molecule has 0 aromatic heterocycles. The van der Waals surface area contributed by atoms with Crippen LogP contribution >= 0.6 is 0 Å². The topological polar surface area (TPSA) is 31.4 Å². The van der Waals surface area contributed by atoms with Gasteiger partial charge in [0.05, 0.1) is 18.2 Å². The third-order valence-electron chi connectivity index (χ3n) is 5.23. The molecule has 0 fully saturated rings. The van der Waals surface area contributed by atoms with Crippen LogP contribution in [-0.4, -0.2) is 0 Å². The van der Waals surface area contributed by atoms with Gasteiger partial charge in [-0.05, 0) is 54.4 Å². The summed E-state index contributed by atoms with van der Waals surface area (Å²) in [6.45, 7) is 9.68.